The molecule has 25 heavy (non-hydrogen) atoms. The monoisotopic (exact) mass is 345 g/mol. The van der Waals surface area contributed by atoms with Crippen molar-refractivity contribution in [2.45, 2.75) is 6.10 Å². The van der Waals surface area contributed by atoms with Gasteiger partial charge in [-0.1, -0.05) is 60.1 Å². The molecule has 1 heterocycles. The fourth-order valence-corrected chi connectivity index (χ4v) is 3.17. The van der Waals surface area contributed by atoms with Crippen molar-refractivity contribution in [1.29, 1.82) is 0 Å². The molecule has 0 aliphatic heterocycles. The van der Waals surface area contributed by atoms with Crippen molar-refractivity contribution in [3.63, 3.8) is 0 Å². The molecule has 0 saturated heterocycles. The molecule has 0 bridgehead atoms. The predicted octanol–water partition coefficient (Wildman–Crippen LogP) is 5.64. The molecule has 4 rings (SSSR count). The highest BCUT2D eigenvalue weighted by Crippen LogP contribution is 2.31. The number of aliphatic hydroxyl groups is 1. The number of pyridine rings is 1. The first-order chi connectivity index (χ1) is 12.2. The lowest BCUT2D eigenvalue weighted by Gasteiger charge is -2.14. The van der Waals surface area contributed by atoms with Gasteiger partial charge in [-0.2, -0.15) is 0 Å². The maximum atomic E-state index is 10.7. The van der Waals surface area contributed by atoms with E-state index in [0.717, 1.165) is 33.2 Å². The van der Waals surface area contributed by atoms with E-state index in [-0.39, 0.29) is 0 Å². The van der Waals surface area contributed by atoms with Crippen LogP contribution in [0.5, 0.6) is 0 Å². The normalized spacial score (nSPS) is 12.2. The van der Waals surface area contributed by atoms with Crippen LogP contribution in [-0.4, -0.2) is 10.1 Å². The first kappa shape index (κ1) is 15.8. The maximum Gasteiger partial charge on any atom is 0.104 e. The van der Waals surface area contributed by atoms with E-state index in [0.29, 0.717) is 5.02 Å². The van der Waals surface area contributed by atoms with Gasteiger partial charge in [0, 0.05) is 16.6 Å². The van der Waals surface area contributed by atoms with Crippen LogP contribution in [0.3, 0.4) is 0 Å². The Balaban J connectivity index is 1.83. The quantitative estimate of drug-likeness (QED) is 0.521. The molecular formula is C22H16ClNO. The average molecular weight is 346 g/mol. The molecule has 1 N–H and O–H groups in total. The van der Waals surface area contributed by atoms with Gasteiger partial charge in [-0.3, -0.25) is 4.98 Å². The minimum atomic E-state index is -0.703. The number of nitrogens with zero attached hydrogens (tertiary/aromatic N) is 1. The van der Waals surface area contributed by atoms with Crippen LogP contribution in [0.15, 0.2) is 85.1 Å². The highest BCUT2D eigenvalue weighted by Gasteiger charge is 2.13. The third-order valence-electron chi connectivity index (χ3n) is 4.35. The van der Waals surface area contributed by atoms with E-state index in [2.05, 4.69) is 17.1 Å². The van der Waals surface area contributed by atoms with Gasteiger partial charge in [-0.05, 0) is 52.6 Å². The van der Waals surface area contributed by atoms with Crippen molar-refractivity contribution in [3.05, 3.63) is 101 Å². The summed E-state index contributed by atoms with van der Waals surface area (Å²) >= 11 is 5.94. The molecule has 0 radical (unpaired) electrons. The Morgan fingerprint density at radius 1 is 0.800 bits per heavy atom. The molecule has 0 amide bonds. The van der Waals surface area contributed by atoms with Gasteiger partial charge in [0.1, 0.15) is 6.10 Å². The first-order valence-corrected chi connectivity index (χ1v) is 8.48. The van der Waals surface area contributed by atoms with E-state index < -0.39 is 6.10 Å². The van der Waals surface area contributed by atoms with E-state index in [1.54, 1.807) is 12.1 Å². The topological polar surface area (TPSA) is 33.1 Å². The summed E-state index contributed by atoms with van der Waals surface area (Å²) in [5.74, 6) is 0. The van der Waals surface area contributed by atoms with Crippen molar-refractivity contribution >= 4 is 22.5 Å². The summed E-state index contributed by atoms with van der Waals surface area (Å²) in [6, 6.07) is 25.4. The Morgan fingerprint density at radius 2 is 1.52 bits per heavy atom. The van der Waals surface area contributed by atoms with Gasteiger partial charge in [0.05, 0.1) is 5.52 Å². The summed E-state index contributed by atoms with van der Waals surface area (Å²) in [6.07, 6.45) is 1.12. The Morgan fingerprint density at radius 3 is 2.28 bits per heavy atom. The molecule has 122 valence electrons. The smallest absolute Gasteiger partial charge is 0.104 e. The number of fused-ring (bicyclic) bond motifs is 1. The molecule has 3 aromatic carbocycles. The van der Waals surface area contributed by atoms with Gasteiger partial charge in [0.15, 0.2) is 0 Å². The molecular weight excluding hydrogens is 330 g/mol. The Bertz CT molecular complexity index is 1010. The van der Waals surface area contributed by atoms with E-state index in [1.807, 2.05) is 60.8 Å². The zero-order chi connectivity index (χ0) is 17.2. The van der Waals surface area contributed by atoms with Crippen LogP contribution in [-0.2, 0) is 0 Å². The van der Waals surface area contributed by atoms with E-state index in [4.69, 9.17) is 11.6 Å². The fourth-order valence-electron chi connectivity index (χ4n) is 3.04. The van der Waals surface area contributed by atoms with Crippen LogP contribution in [0.4, 0.5) is 0 Å². The van der Waals surface area contributed by atoms with Gasteiger partial charge >= 0.3 is 0 Å². The highest BCUT2D eigenvalue weighted by atomic mass is 35.5. The summed E-state index contributed by atoms with van der Waals surface area (Å²) in [7, 11) is 0. The van der Waals surface area contributed by atoms with Gasteiger partial charge in [-0.25, -0.2) is 0 Å². The summed E-state index contributed by atoms with van der Waals surface area (Å²) in [4.78, 5) is 4.45. The maximum absolute atomic E-state index is 10.7. The van der Waals surface area contributed by atoms with Crippen molar-refractivity contribution in [2.24, 2.45) is 0 Å². The minimum Gasteiger partial charge on any atom is -0.384 e. The van der Waals surface area contributed by atoms with Crippen LogP contribution in [0.1, 0.15) is 17.2 Å². The SMILES string of the molecule is OC(c1ccc(Cl)cc1)c1ccc2nccc(-c3ccccc3)c2c1. The molecule has 1 atom stereocenters. The zero-order valence-corrected chi connectivity index (χ0v) is 14.2. The van der Waals surface area contributed by atoms with Crippen LogP contribution >= 0.6 is 11.6 Å². The van der Waals surface area contributed by atoms with E-state index in [1.165, 1.54) is 0 Å². The number of rotatable bonds is 3. The molecule has 2 nitrogen and oxygen atoms in total. The molecule has 3 heteroatoms. The van der Waals surface area contributed by atoms with Crippen molar-refractivity contribution < 1.29 is 5.11 Å². The van der Waals surface area contributed by atoms with Crippen LogP contribution < -0.4 is 0 Å². The zero-order valence-electron chi connectivity index (χ0n) is 13.4. The van der Waals surface area contributed by atoms with Gasteiger partial charge < -0.3 is 5.11 Å². The largest absolute Gasteiger partial charge is 0.384 e. The molecule has 1 aromatic heterocycles. The second-order valence-electron chi connectivity index (χ2n) is 5.96. The Hall–Kier alpha value is -2.68. The second-order valence-corrected chi connectivity index (χ2v) is 6.39. The van der Waals surface area contributed by atoms with Crippen molar-refractivity contribution in [1.82, 2.24) is 4.98 Å². The molecule has 0 aliphatic rings. The predicted molar refractivity (Wildman–Crippen MR) is 103 cm³/mol. The molecule has 0 spiro atoms. The van der Waals surface area contributed by atoms with Gasteiger partial charge in [-0.15, -0.1) is 0 Å². The Labute approximate surface area is 151 Å². The van der Waals surface area contributed by atoms with Gasteiger partial charge in [0.25, 0.3) is 0 Å². The summed E-state index contributed by atoms with van der Waals surface area (Å²) < 4.78 is 0. The second kappa shape index (κ2) is 6.67. The summed E-state index contributed by atoms with van der Waals surface area (Å²) in [6.45, 7) is 0. The lowest BCUT2D eigenvalue weighted by Crippen LogP contribution is -1.99. The Kier molecular flexibility index (Phi) is 4.22. The van der Waals surface area contributed by atoms with Crippen molar-refractivity contribution in [3.8, 4) is 11.1 Å². The lowest BCUT2D eigenvalue weighted by molar-refractivity contribution is 0.220. The number of hydrogen-bond acceptors (Lipinski definition) is 2. The summed E-state index contributed by atoms with van der Waals surface area (Å²) in [5.41, 5.74) is 4.80. The number of halogens is 1. The third-order valence-corrected chi connectivity index (χ3v) is 4.60. The van der Waals surface area contributed by atoms with Crippen LogP contribution in [0.2, 0.25) is 5.02 Å². The lowest BCUT2D eigenvalue weighted by atomic mass is 9.96. The molecule has 0 saturated carbocycles. The van der Waals surface area contributed by atoms with E-state index >= 15 is 0 Å². The molecule has 0 aliphatic carbocycles. The number of benzene rings is 3. The van der Waals surface area contributed by atoms with Crippen LogP contribution in [0, 0.1) is 0 Å². The average Bonchev–Trinajstić information content (AvgIpc) is 2.68. The number of aromatic nitrogens is 1. The fraction of sp³-hybridized carbons (Fsp3) is 0.0455. The standard InChI is InChI=1S/C22H16ClNO/c23-18-9-6-16(7-10-18)22(25)17-8-11-21-20(14-17)19(12-13-24-21)15-4-2-1-3-5-15/h1-14,22,25H. The van der Waals surface area contributed by atoms with E-state index in [9.17, 15) is 5.11 Å². The van der Waals surface area contributed by atoms with Crippen molar-refractivity contribution in [2.75, 3.05) is 0 Å². The summed E-state index contributed by atoms with van der Waals surface area (Å²) in [5, 5.41) is 12.4. The first-order valence-electron chi connectivity index (χ1n) is 8.10. The minimum absolute atomic E-state index is 0.657. The third kappa shape index (κ3) is 3.14. The van der Waals surface area contributed by atoms with Gasteiger partial charge in [0.2, 0.25) is 0 Å². The highest BCUT2D eigenvalue weighted by molar-refractivity contribution is 6.30. The number of aliphatic hydroxyl groups excluding tert-OH is 1. The molecule has 0 fully saturated rings. The molecule has 4 aromatic rings. The molecule has 1 unspecified atom stereocenters. The number of hydrogen-bond donors (Lipinski definition) is 1. The van der Waals surface area contributed by atoms with Crippen LogP contribution in [0.25, 0.3) is 22.0 Å².